The number of hydrogen-bond acceptors (Lipinski definition) is 4. The predicted octanol–water partition coefficient (Wildman–Crippen LogP) is 3.16. The first-order valence-corrected chi connectivity index (χ1v) is 7.44. The molecule has 0 aliphatic carbocycles. The van der Waals surface area contributed by atoms with Gasteiger partial charge < -0.3 is 14.4 Å². The second-order valence-electron chi connectivity index (χ2n) is 5.24. The highest BCUT2D eigenvalue weighted by Crippen LogP contribution is 2.13. The van der Waals surface area contributed by atoms with Gasteiger partial charge in [-0.15, -0.1) is 0 Å². The molecule has 0 N–H and O–H groups in total. The number of carbonyl (C=O) groups excluding carboxylic acids is 1. The number of nitrogens with zero attached hydrogens (tertiary/aromatic N) is 1. The summed E-state index contributed by atoms with van der Waals surface area (Å²) < 4.78 is 23.0. The third kappa shape index (κ3) is 6.12. The predicted molar refractivity (Wildman–Crippen MR) is 77.8 cm³/mol. The van der Waals surface area contributed by atoms with E-state index >= 15 is 0 Å². The Morgan fingerprint density at radius 1 is 1.19 bits per heavy atom. The van der Waals surface area contributed by atoms with Gasteiger partial charge in [0, 0.05) is 19.6 Å². The van der Waals surface area contributed by atoms with Gasteiger partial charge in [0.05, 0.1) is 6.61 Å². The summed E-state index contributed by atoms with van der Waals surface area (Å²) >= 11 is 0. The summed E-state index contributed by atoms with van der Waals surface area (Å²) in [5.41, 5.74) is 0.934. The van der Waals surface area contributed by atoms with Crippen molar-refractivity contribution in [2.75, 3.05) is 26.2 Å². The zero-order valence-corrected chi connectivity index (χ0v) is 12.2. The topological polar surface area (TPSA) is 38.8 Å². The molecule has 0 aromatic heterocycles. The van der Waals surface area contributed by atoms with Crippen molar-refractivity contribution in [1.29, 1.82) is 0 Å². The molecule has 1 saturated heterocycles. The van der Waals surface area contributed by atoms with Crippen LogP contribution in [0.1, 0.15) is 24.8 Å². The van der Waals surface area contributed by atoms with Gasteiger partial charge in [-0.3, -0.25) is 0 Å². The van der Waals surface area contributed by atoms with E-state index in [1.54, 1.807) is 0 Å². The van der Waals surface area contributed by atoms with E-state index in [1.807, 2.05) is 30.3 Å². The molecule has 1 aliphatic rings. The zero-order chi connectivity index (χ0) is 14.9. The second-order valence-corrected chi connectivity index (χ2v) is 5.24. The molecule has 1 aromatic rings. The summed E-state index contributed by atoms with van der Waals surface area (Å²) in [7, 11) is 0. The Morgan fingerprint density at radius 3 is 2.62 bits per heavy atom. The summed E-state index contributed by atoms with van der Waals surface area (Å²) in [5, 5.41) is 0. The fraction of sp³-hybridized carbons (Fsp3) is 0.562. The third-order valence-corrected chi connectivity index (χ3v) is 3.56. The van der Waals surface area contributed by atoms with Gasteiger partial charge in [0.15, 0.2) is 0 Å². The molecule has 0 bridgehead atoms. The normalized spacial score (nSPS) is 16.6. The SMILES string of the molecule is O=C(OCCCN1CCC(F)CC1)OCc1ccccc1. The molecular weight excluding hydrogens is 273 g/mol. The molecule has 1 aliphatic heterocycles. The molecule has 1 heterocycles. The van der Waals surface area contributed by atoms with Crippen LogP contribution >= 0.6 is 0 Å². The number of piperidine rings is 1. The Labute approximate surface area is 124 Å². The fourth-order valence-electron chi connectivity index (χ4n) is 2.33. The summed E-state index contributed by atoms with van der Waals surface area (Å²) in [5.74, 6) is 0. The lowest BCUT2D eigenvalue weighted by Crippen LogP contribution is -2.35. The lowest BCUT2D eigenvalue weighted by atomic mass is 10.1. The van der Waals surface area contributed by atoms with Crippen LogP contribution < -0.4 is 0 Å². The van der Waals surface area contributed by atoms with Crippen LogP contribution in [0.25, 0.3) is 0 Å². The molecule has 116 valence electrons. The average Bonchev–Trinajstić information content (AvgIpc) is 2.52. The minimum Gasteiger partial charge on any atom is -0.434 e. The van der Waals surface area contributed by atoms with E-state index in [9.17, 15) is 9.18 Å². The zero-order valence-electron chi connectivity index (χ0n) is 12.2. The summed E-state index contributed by atoms with van der Waals surface area (Å²) in [6, 6.07) is 9.48. The van der Waals surface area contributed by atoms with E-state index in [0.717, 1.165) is 31.6 Å². The van der Waals surface area contributed by atoms with Crippen molar-refractivity contribution in [3.8, 4) is 0 Å². The van der Waals surface area contributed by atoms with Crippen LogP contribution in [0.4, 0.5) is 9.18 Å². The lowest BCUT2D eigenvalue weighted by molar-refractivity contribution is 0.0460. The standard InChI is InChI=1S/C16H22FNO3/c17-15-7-10-18(11-8-15)9-4-12-20-16(19)21-13-14-5-2-1-3-6-14/h1-3,5-6,15H,4,7-13H2. The van der Waals surface area contributed by atoms with Crippen molar-refractivity contribution in [2.45, 2.75) is 32.0 Å². The minimum atomic E-state index is -0.648. The van der Waals surface area contributed by atoms with Crippen LogP contribution in [-0.4, -0.2) is 43.5 Å². The first-order chi connectivity index (χ1) is 10.2. The van der Waals surface area contributed by atoms with Gasteiger partial charge in [-0.25, -0.2) is 9.18 Å². The molecule has 4 nitrogen and oxygen atoms in total. The highest BCUT2D eigenvalue weighted by Gasteiger charge is 2.17. The largest absolute Gasteiger partial charge is 0.508 e. The van der Waals surface area contributed by atoms with Gasteiger partial charge >= 0.3 is 6.16 Å². The monoisotopic (exact) mass is 295 g/mol. The first-order valence-electron chi connectivity index (χ1n) is 7.44. The van der Waals surface area contributed by atoms with Crippen LogP contribution in [0.2, 0.25) is 0 Å². The summed E-state index contributed by atoms with van der Waals surface area (Å²) in [6.07, 6.45) is 0.684. The number of rotatable bonds is 6. The number of ether oxygens (including phenoxy) is 2. The Kier molecular flexibility index (Phi) is 6.47. The molecule has 0 radical (unpaired) electrons. The van der Waals surface area contributed by atoms with Crippen molar-refractivity contribution < 1.29 is 18.7 Å². The number of carbonyl (C=O) groups is 1. The van der Waals surface area contributed by atoms with Gasteiger partial charge in [-0.05, 0) is 24.8 Å². The van der Waals surface area contributed by atoms with E-state index in [0.29, 0.717) is 19.4 Å². The second kappa shape index (κ2) is 8.62. The summed E-state index contributed by atoms with van der Waals surface area (Å²) in [4.78, 5) is 13.6. The number of alkyl halides is 1. The van der Waals surface area contributed by atoms with Crippen LogP contribution in [0.3, 0.4) is 0 Å². The van der Waals surface area contributed by atoms with Gasteiger partial charge in [0.2, 0.25) is 0 Å². The van der Waals surface area contributed by atoms with E-state index in [-0.39, 0.29) is 6.61 Å². The lowest BCUT2D eigenvalue weighted by Gasteiger charge is -2.28. The Bertz CT molecular complexity index is 419. The smallest absolute Gasteiger partial charge is 0.434 e. The van der Waals surface area contributed by atoms with E-state index < -0.39 is 12.3 Å². The maximum Gasteiger partial charge on any atom is 0.508 e. The van der Waals surface area contributed by atoms with Crippen molar-refractivity contribution in [3.05, 3.63) is 35.9 Å². The number of benzene rings is 1. The third-order valence-electron chi connectivity index (χ3n) is 3.56. The molecule has 21 heavy (non-hydrogen) atoms. The highest BCUT2D eigenvalue weighted by molar-refractivity contribution is 5.59. The van der Waals surface area contributed by atoms with Crippen molar-refractivity contribution in [3.63, 3.8) is 0 Å². The van der Waals surface area contributed by atoms with Gasteiger partial charge in [-0.2, -0.15) is 0 Å². The first kappa shape index (κ1) is 15.8. The maximum absolute atomic E-state index is 13.0. The number of hydrogen-bond donors (Lipinski definition) is 0. The van der Waals surface area contributed by atoms with Crippen molar-refractivity contribution in [2.24, 2.45) is 0 Å². The van der Waals surface area contributed by atoms with E-state index in [4.69, 9.17) is 9.47 Å². The number of likely N-dealkylation sites (tertiary alicyclic amines) is 1. The highest BCUT2D eigenvalue weighted by atomic mass is 19.1. The molecule has 5 heteroatoms. The molecular formula is C16H22FNO3. The molecule has 0 saturated carbocycles. The fourth-order valence-corrected chi connectivity index (χ4v) is 2.33. The van der Waals surface area contributed by atoms with Crippen molar-refractivity contribution >= 4 is 6.16 Å². The maximum atomic E-state index is 13.0. The van der Waals surface area contributed by atoms with Gasteiger partial charge in [-0.1, -0.05) is 30.3 Å². The Hall–Kier alpha value is -1.62. The van der Waals surface area contributed by atoms with Gasteiger partial charge in [0.1, 0.15) is 12.8 Å². The Balaban J connectivity index is 1.51. The molecule has 0 unspecified atom stereocenters. The van der Waals surface area contributed by atoms with Crippen LogP contribution in [-0.2, 0) is 16.1 Å². The van der Waals surface area contributed by atoms with Gasteiger partial charge in [0.25, 0.3) is 0 Å². The van der Waals surface area contributed by atoms with E-state index in [1.165, 1.54) is 0 Å². The van der Waals surface area contributed by atoms with Crippen LogP contribution in [0, 0.1) is 0 Å². The molecule has 0 amide bonds. The quantitative estimate of drug-likeness (QED) is 0.597. The average molecular weight is 295 g/mol. The van der Waals surface area contributed by atoms with Crippen LogP contribution in [0.5, 0.6) is 0 Å². The Morgan fingerprint density at radius 2 is 1.90 bits per heavy atom. The molecule has 1 aromatic carbocycles. The molecule has 2 rings (SSSR count). The van der Waals surface area contributed by atoms with E-state index in [2.05, 4.69) is 4.90 Å². The molecule has 0 spiro atoms. The molecule has 1 fully saturated rings. The molecule has 0 atom stereocenters. The number of halogens is 1. The minimum absolute atomic E-state index is 0.226. The summed E-state index contributed by atoms with van der Waals surface area (Å²) in [6.45, 7) is 2.98. The van der Waals surface area contributed by atoms with Crippen LogP contribution in [0.15, 0.2) is 30.3 Å². The van der Waals surface area contributed by atoms with Crippen molar-refractivity contribution in [1.82, 2.24) is 4.90 Å².